The van der Waals surface area contributed by atoms with Gasteiger partial charge in [-0.25, -0.2) is 13.4 Å². The van der Waals surface area contributed by atoms with Gasteiger partial charge in [-0.3, -0.25) is 14.9 Å². The Labute approximate surface area is 238 Å². The number of hydrazone groups is 1. The molecule has 1 atom stereocenters. The van der Waals surface area contributed by atoms with Gasteiger partial charge in [-0.15, -0.1) is 0 Å². The molecule has 41 heavy (non-hydrogen) atoms. The van der Waals surface area contributed by atoms with E-state index in [-0.39, 0.29) is 34.0 Å². The fourth-order valence-corrected chi connectivity index (χ4v) is 6.32. The first-order valence-corrected chi connectivity index (χ1v) is 14.7. The van der Waals surface area contributed by atoms with Crippen molar-refractivity contribution in [3.05, 3.63) is 76.0 Å². The highest BCUT2D eigenvalue weighted by atomic mass is 32.2. The number of aromatic nitrogens is 1. The number of amides is 1. The van der Waals surface area contributed by atoms with E-state index in [9.17, 15) is 23.3 Å². The van der Waals surface area contributed by atoms with Crippen LogP contribution in [0, 0.1) is 10.1 Å². The van der Waals surface area contributed by atoms with Crippen LogP contribution in [0.4, 0.5) is 11.0 Å². The Bertz CT molecular complexity index is 1710. The molecule has 0 saturated carbocycles. The molecular weight excluding hydrogens is 574 g/mol. The number of thiazole rings is 1. The third-order valence-corrected chi connectivity index (χ3v) is 9.18. The van der Waals surface area contributed by atoms with E-state index >= 15 is 0 Å². The number of sulfonamides is 1. The number of ether oxygens (including phenoxy) is 2. The molecule has 0 spiro atoms. The standard InChI is InChI=1S/C26H25N5O8S2/c1-29(16-20-4-3-13-38-20)41(35,36)21-9-5-17(6-10-21)25(32)30(27-15-19-8-12-24(39-19)31(33)34)26-28-22-11-7-18(37-2)14-23(22)40-26/h5-12,14-15,20H,3-4,13,16H2,1-2H3/b27-15+. The van der Waals surface area contributed by atoms with Gasteiger partial charge in [-0.1, -0.05) is 11.3 Å². The summed E-state index contributed by atoms with van der Waals surface area (Å²) >= 11 is 1.18. The van der Waals surface area contributed by atoms with E-state index in [0.29, 0.717) is 17.9 Å². The van der Waals surface area contributed by atoms with E-state index in [1.165, 1.54) is 66.2 Å². The lowest BCUT2D eigenvalue weighted by Gasteiger charge is -2.20. The molecule has 15 heteroatoms. The molecule has 1 amide bonds. The number of nitrogens with zero attached hydrogens (tertiary/aromatic N) is 5. The lowest BCUT2D eigenvalue weighted by molar-refractivity contribution is -0.402. The van der Waals surface area contributed by atoms with Crippen LogP contribution in [-0.2, 0) is 14.8 Å². The minimum absolute atomic E-state index is 0.0274. The van der Waals surface area contributed by atoms with Crippen molar-refractivity contribution in [2.75, 3.05) is 32.3 Å². The summed E-state index contributed by atoms with van der Waals surface area (Å²) in [5.41, 5.74) is 0.744. The fourth-order valence-electron chi connectivity index (χ4n) is 4.17. The minimum atomic E-state index is -3.81. The van der Waals surface area contributed by atoms with Crippen LogP contribution in [0.25, 0.3) is 10.2 Å². The molecule has 0 aliphatic carbocycles. The number of carbonyl (C=O) groups is 1. The first kappa shape index (κ1) is 28.4. The number of furan rings is 1. The molecule has 1 aliphatic heterocycles. The van der Waals surface area contributed by atoms with Crippen LogP contribution in [0.15, 0.2) is 69.0 Å². The topological polar surface area (TPSA) is 158 Å². The largest absolute Gasteiger partial charge is 0.497 e. The van der Waals surface area contributed by atoms with Gasteiger partial charge in [0.05, 0.1) is 40.6 Å². The van der Waals surface area contributed by atoms with Crippen molar-refractivity contribution in [3.8, 4) is 5.75 Å². The number of likely N-dealkylation sites (N-methyl/N-ethyl adjacent to an activating group) is 1. The molecule has 3 heterocycles. The zero-order chi connectivity index (χ0) is 29.1. The molecule has 13 nitrogen and oxygen atoms in total. The summed E-state index contributed by atoms with van der Waals surface area (Å²) in [7, 11) is -0.776. The van der Waals surface area contributed by atoms with Crippen LogP contribution < -0.4 is 9.75 Å². The predicted octanol–water partition coefficient (Wildman–Crippen LogP) is 4.29. The van der Waals surface area contributed by atoms with Gasteiger partial charge in [-0.05, 0) is 61.4 Å². The highest BCUT2D eigenvalue weighted by Crippen LogP contribution is 2.33. The third kappa shape index (κ3) is 6.12. The van der Waals surface area contributed by atoms with Crippen molar-refractivity contribution in [1.82, 2.24) is 9.29 Å². The Morgan fingerprint density at radius 3 is 2.68 bits per heavy atom. The lowest BCUT2D eigenvalue weighted by atomic mass is 10.2. The molecule has 2 aromatic carbocycles. The summed E-state index contributed by atoms with van der Waals surface area (Å²) in [5.74, 6) is -0.422. The molecule has 1 aliphatic rings. The molecule has 1 fully saturated rings. The fraction of sp³-hybridized carbons (Fsp3) is 0.269. The minimum Gasteiger partial charge on any atom is -0.497 e. The monoisotopic (exact) mass is 599 g/mol. The van der Waals surface area contributed by atoms with Crippen LogP contribution in [-0.4, -0.2) is 68.2 Å². The molecule has 214 valence electrons. The Morgan fingerprint density at radius 2 is 2.02 bits per heavy atom. The van der Waals surface area contributed by atoms with Crippen LogP contribution in [0.5, 0.6) is 5.75 Å². The average Bonchev–Trinajstić information content (AvgIpc) is 3.74. The highest BCUT2D eigenvalue weighted by Gasteiger charge is 2.27. The molecule has 0 radical (unpaired) electrons. The SMILES string of the molecule is COc1ccc2nc(N(/N=C/c3ccc([N+](=O)[O-])o3)C(=O)c3ccc(S(=O)(=O)N(C)CC4CCCO4)cc3)sc2c1. The van der Waals surface area contributed by atoms with Gasteiger partial charge in [0.1, 0.15) is 10.7 Å². The molecule has 1 unspecified atom stereocenters. The van der Waals surface area contributed by atoms with Gasteiger partial charge in [0.25, 0.3) is 5.91 Å². The molecular formula is C26H25N5O8S2. The number of fused-ring (bicyclic) bond motifs is 1. The first-order valence-electron chi connectivity index (χ1n) is 12.4. The van der Waals surface area contributed by atoms with E-state index in [4.69, 9.17) is 13.9 Å². The van der Waals surface area contributed by atoms with Crippen LogP contribution >= 0.6 is 11.3 Å². The smallest absolute Gasteiger partial charge is 0.433 e. The van der Waals surface area contributed by atoms with Gasteiger partial charge >= 0.3 is 5.88 Å². The Kier molecular flexibility index (Phi) is 8.12. The molecule has 0 N–H and O–H groups in total. The number of hydrogen-bond donors (Lipinski definition) is 0. The zero-order valence-electron chi connectivity index (χ0n) is 22.0. The van der Waals surface area contributed by atoms with Crippen molar-refractivity contribution in [2.45, 2.75) is 23.8 Å². The van der Waals surface area contributed by atoms with Crippen molar-refractivity contribution in [2.24, 2.45) is 5.10 Å². The molecule has 4 aromatic rings. The van der Waals surface area contributed by atoms with E-state index in [1.807, 2.05) is 0 Å². The van der Waals surface area contributed by atoms with Crippen LogP contribution in [0.3, 0.4) is 0 Å². The summed E-state index contributed by atoms with van der Waals surface area (Å²) in [5, 5.41) is 16.4. The van der Waals surface area contributed by atoms with E-state index in [1.54, 1.807) is 18.2 Å². The second-order valence-corrected chi connectivity index (χ2v) is 12.1. The molecule has 0 bridgehead atoms. The van der Waals surface area contributed by atoms with Crippen LogP contribution in [0.1, 0.15) is 29.0 Å². The summed E-state index contributed by atoms with van der Waals surface area (Å²) in [4.78, 5) is 28.5. The molecule has 5 rings (SSSR count). The molecule has 2 aromatic heterocycles. The van der Waals surface area contributed by atoms with Gasteiger partial charge in [0.2, 0.25) is 15.2 Å². The van der Waals surface area contributed by atoms with Crippen molar-refractivity contribution < 1.29 is 32.0 Å². The normalized spacial score (nSPS) is 15.6. The summed E-state index contributed by atoms with van der Waals surface area (Å²) < 4.78 is 44.1. The number of anilines is 1. The summed E-state index contributed by atoms with van der Waals surface area (Å²) in [6.07, 6.45) is 2.71. The van der Waals surface area contributed by atoms with E-state index < -0.39 is 26.7 Å². The van der Waals surface area contributed by atoms with E-state index in [0.717, 1.165) is 28.8 Å². The maximum atomic E-state index is 13.6. The Balaban J connectivity index is 1.44. The Hall–Kier alpha value is -4.18. The third-order valence-electron chi connectivity index (χ3n) is 6.35. The number of methoxy groups -OCH3 is 1. The summed E-state index contributed by atoms with van der Waals surface area (Å²) in [6.45, 7) is 0.853. The second kappa shape index (κ2) is 11.7. The maximum absolute atomic E-state index is 13.6. The van der Waals surface area contributed by atoms with Crippen molar-refractivity contribution >= 4 is 54.7 Å². The van der Waals surface area contributed by atoms with Gasteiger partial charge in [0, 0.05) is 25.8 Å². The second-order valence-electron chi connectivity index (χ2n) is 9.07. The van der Waals surface area contributed by atoms with Gasteiger partial charge < -0.3 is 13.9 Å². The van der Waals surface area contributed by atoms with Gasteiger partial charge in [-0.2, -0.15) is 14.4 Å². The predicted molar refractivity (Wildman–Crippen MR) is 151 cm³/mol. The average molecular weight is 600 g/mol. The number of rotatable bonds is 10. The van der Waals surface area contributed by atoms with Crippen molar-refractivity contribution in [1.29, 1.82) is 0 Å². The summed E-state index contributed by atoms with van der Waals surface area (Å²) in [6, 6.07) is 13.3. The van der Waals surface area contributed by atoms with Crippen molar-refractivity contribution in [3.63, 3.8) is 0 Å². The number of hydrogen-bond acceptors (Lipinski definition) is 11. The maximum Gasteiger partial charge on any atom is 0.433 e. The van der Waals surface area contributed by atoms with Crippen LogP contribution in [0.2, 0.25) is 0 Å². The number of carbonyl (C=O) groups excluding carboxylic acids is 1. The highest BCUT2D eigenvalue weighted by molar-refractivity contribution is 7.89. The van der Waals surface area contributed by atoms with E-state index in [2.05, 4.69) is 10.1 Å². The lowest BCUT2D eigenvalue weighted by Crippen LogP contribution is -2.34. The first-order chi connectivity index (χ1) is 19.7. The zero-order valence-corrected chi connectivity index (χ0v) is 23.6. The quantitative estimate of drug-likeness (QED) is 0.147. The Morgan fingerprint density at radius 1 is 1.24 bits per heavy atom. The number of nitro groups is 1. The number of benzene rings is 2. The van der Waals surface area contributed by atoms with Gasteiger partial charge in [0.15, 0.2) is 5.76 Å². The molecule has 1 saturated heterocycles.